The highest BCUT2D eigenvalue weighted by Crippen LogP contribution is 2.13. The second-order valence-corrected chi connectivity index (χ2v) is 5.02. The Balaban J connectivity index is 2.60. The molecule has 1 saturated heterocycles. The van der Waals surface area contributed by atoms with Gasteiger partial charge in [-0.15, -0.1) is 0 Å². The zero-order valence-corrected chi connectivity index (χ0v) is 11.2. The predicted octanol–water partition coefficient (Wildman–Crippen LogP) is -0.397. The van der Waals surface area contributed by atoms with Crippen molar-refractivity contribution in [3.05, 3.63) is 0 Å². The lowest BCUT2D eigenvalue weighted by Crippen LogP contribution is -2.43. The van der Waals surface area contributed by atoms with Crippen molar-refractivity contribution in [1.82, 2.24) is 15.1 Å². The number of rotatable bonds is 6. The number of aliphatic carboxylic acids is 1. The number of carbonyl (C=O) groups excluding carboxylic acids is 1. The third-order valence-electron chi connectivity index (χ3n) is 3.15. The summed E-state index contributed by atoms with van der Waals surface area (Å²) in [6.07, 6.45) is 2.19. The van der Waals surface area contributed by atoms with Crippen molar-refractivity contribution in [1.29, 1.82) is 0 Å². The summed E-state index contributed by atoms with van der Waals surface area (Å²) in [7, 11) is 3.91. The first-order chi connectivity index (χ1) is 8.49. The lowest BCUT2D eigenvalue weighted by atomic mass is 10.1. The molecule has 0 aromatic heterocycles. The second-order valence-electron chi connectivity index (χ2n) is 5.02. The summed E-state index contributed by atoms with van der Waals surface area (Å²) < 4.78 is 0. The van der Waals surface area contributed by atoms with E-state index in [0.717, 1.165) is 19.4 Å². The van der Waals surface area contributed by atoms with Crippen LogP contribution in [0.5, 0.6) is 0 Å². The van der Waals surface area contributed by atoms with Crippen LogP contribution in [0.4, 0.5) is 0 Å². The average Bonchev–Trinajstić information content (AvgIpc) is 2.48. The number of carboxylic acid groups (broad SMARTS) is 1. The zero-order valence-electron chi connectivity index (χ0n) is 11.2. The summed E-state index contributed by atoms with van der Waals surface area (Å²) in [6.45, 7) is 2.18. The zero-order chi connectivity index (χ0) is 13.5. The van der Waals surface area contributed by atoms with Crippen LogP contribution in [0, 0.1) is 0 Å². The maximum Gasteiger partial charge on any atom is 0.317 e. The molecule has 1 aliphatic heterocycles. The normalized spacial score (nSPS) is 20.9. The lowest BCUT2D eigenvalue weighted by molar-refractivity contribution is -0.139. The highest BCUT2D eigenvalue weighted by Gasteiger charge is 2.25. The van der Waals surface area contributed by atoms with E-state index < -0.39 is 5.97 Å². The summed E-state index contributed by atoms with van der Waals surface area (Å²) in [6, 6.07) is 0.0450. The molecule has 6 nitrogen and oxygen atoms in total. The van der Waals surface area contributed by atoms with E-state index in [2.05, 4.69) is 5.32 Å². The van der Waals surface area contributed by atoms with Gasteiger partial charge in [0.2, 0.25) is 5.91 Å². The third-order valence-corrected chi connectivity index (χ3v) is 3.15. The van der Waals surface area contributed by atoms with E-state index in [-0.39, 0.29) is 18.5 Å². The molecular formula is C12H23N3O3. The van der Waals surface area contributed by atoms with E-state index in [1.807, 2.05) is 23.9 Å². The van der Waals surface area contributed by atoms with E-state index >= 15 is 0 Å². The van der Waals surface area contributed by atoms with Gasteiger partial charge in [0.1, 0.15) is 0 Å². The minimum absolute atomic E-state index is 0.00574. The minimum Gasteiger partial charge on any atom is -0.480 e. The van der Waals surface area contributed by atoms with Gasteiger partial charge < -0.3 is 15.3 Å². The van der Waals surface area contributed by atoms with Crippen molar-refractivity contribution in [2.75, 3.05) is 40.3 Å². The van der Waals surface area contributed by atoms with Crippen LogP contribution in [-0.4, -0.2) is 73.1 Å². The van der Waals surface area contributed by atoms with Gasteiger partial charge in [0.05, 0.1) is 6.54 Å². The molecule has 1 rings (SSSR count). The monoisotopic (exact) mass is 257 g/mol. The summed E-state index contributed by atoms with van der Waals surface area (Å²) in [5, 5.41) is 11.8. The lowest BCUT2D eigenvalue weighted by Gasteiger charge is -2.29. The van der Waals surface area contributed by atoms with E-state index in [1.165, 1.54) is 0 Å². The third kappa shape index (κ3) is 5.46. The van der Waals surface area contributed by atoms with Gasteiger partial charge in [-0.1, -0.05) is 0 Å². The van der Waals surface area contributed by atoms with Gasteiger partial charge in [-0.3, -0.25) is 14.5 Å². The molecule has 0 aliphatic carbocycles. The van der Waals surface area contributed by atoms with Crippen LogP contribution in [0.25, 0.3) is 0 Å². The summed E-state index contributed by atoms with van der Waals surface area (Å²) in [4.78, 5) is 26.4. The Morgan fingerprint density at radius 1 is 1.44 bits per heavy atom. The van der Waals surface area contributed by atoms with E-state index in [4.69, 9.17) is 5.11 Å². The van der Waals surface area contributed by atoms with Gasteiger partial charge in [0.15, 0.2) is 0 Å². The molecule has 1 unspecified atom stereocenters. The van der Waals surface area contributed by atoms with Gasteiger partial charge in [0, 0.05) is 32.1 Å². The van der Waals surface area contributed by atoms with Crippen LogP contribution in [0.2, 0.25) is 0 Å². The first-order valence-electron chi connectivity index (χ1n) is 6.36. The maximum atomic E-state index is 11.5. The molecule has 104 valence electrons. The quantitative estimate of drug-likeness (QED) is 0.677. The van der Waals surface area contributed by atoms with Crippen LogP contribution in [-0.2, 0) is 9.59 Å². The number of carboxylic acids is 1. The van der Waals surface area contributed by atoms with E-state index in [0.29, 0.717) is 19.5 Å². The molecule has 18 heavy (non-hydrogen) atoms. The van der Waals surface area contributed by atoms with Crippen molar-refractivity contribution >= 4 is 11.9 Å². The number of nitrogens with one attached hydrogen (secondary N) is 1. The second kappa shape index (κ2) is 7.33. The molecule has 1 aliphatic rings. The number of hydrogen-bond donors (Lipinski definition) is 2. The fraction of sp³-hybridized carbons (Fsp3) is 0.833. The molecular weight excluding hydrogens is 234 g/mol. The maximum absolute atomic E-state index is 11.5. The van der Waals surface area contributed by atoms with Crippen molar-refractivity contribution in [2.24, 2.45) is 0 Å². The van der Waals surface area contributed by atoms with Crippen LogP contribution in [0.1, 0.15) is 19.3 Å². The fourth-order valence-electron chi connectivity index (χ4n) is 2.16. The molecule has 1 heterocycles. The van der Waals surface area contributed by atoms with Gasteiger partial charge >= 0.3 is 5.97 Å². The summed E-state index contributed by atoms with van der Waals surface area (Å²) in [5.41, 5.74) is 0. The number of nitrogens with zero attached hydrogens (tertiary/aromatic N) is 2. The standard InChI is InChI=1S/C12H23N3O3/c1-14(2)6-7-15(9-12(17)18)10-4-3-5-13-11(16)8-10/h10H,3-9H2,1-2H3,(H,13,16)(H,17,18). The van der Waals surface area contributed by atoms with Crippen LogP contribution >= 0.6 is 0 Å². The molecule has 0 bridgehead atoms. The Morgan fingerprint density at radius 3 is 2.78 bits per heavy atom. The number of carbonyl (C=O) groups is 2. The minimum atomic E-state index is -0.835. The van der Waals surface area contributed by atoms with Crippen LogP contribution in [0.15, 0.2) is 0 Å². The Morgan fingerprint density at radius 2 is 2.17 bits per heavy atom. The Hall–Kier alpha value is -1.14. The Kier molecular flexibility index (Phi) is 6.07. The molecule has 0 aromatic rings. The smallest absolute Gasteiger partial charge is 0.317 e. The van der Waals surface area contributed by atoms with Crippen molar-refractivity contribution in [2.45, 2.75) is 25.3 Å². The fourth-order valence-corrected chi connectivity index (χ4v) is 2.16. The van der Waals surface area contributed by atoms with E-state index in [9.17, 15) is 9.59 Å². The summed E-state index contributed by atoms with van der Waals surface area (Å²) in [5.74, 6) is -0.809. The number of amides is 1. The van der Waals surface area contributed by atoms with Crippen LogP contribution < -0.4 is 5.32 Å². The Labute approximate surface area is 108 Å². The van der Waals surface area contributed by atoms with Gasteiger partial charge in [-0.05, 0) is 26.9 Å². The molecule has 1 atom stereocenters. The van der Waals surface area contributed by atoms with Crippen molar-refractivity contribution in [3.8, 4) is 0 Å². The molecule has 0 radical (unpaired) electrons. The van der Waals surface area contributed by atoms with Crippen molar-refractivity contribution in [3.63, 3.8) is 0 Å². The molecule has 6 heteroatoms. The molecule has 0 spiro atoms. The topological polar surface area (TPSA) is 72.9 Å². The molecule has 0 aromatic carbocycles. The molecule has 0 saturated carbocycles. The number of hydrogen-bond acceptors (Lipinski definition) is 4. The highest BCUT2D eigenvalue weighted by molar-refractivity contribution is 5.77. The molecule has 1 amide bonds. The predicted molar refractivity (Wildman–Crippen MR) is 68.4 cm³/mol. The largest absolute Gasteiger partial charge is 0.480 e. The van der Waals surface area contributed by atoms with Crippen molar-refractivity contribution < 1.29 is 14.7 Å². The molecule has 2 N–H and O–H groups in total. The molecule has 1 fully saturated rings. The first kappa shape index (κ1) is 14.9. The van der Waals surface area contributed by atoms with E-state index in [1.54, 1.807) is 0 Å². The van der Waals surface area contributed by atoms with Crippen LogP contribution in [0.3, 0.4) is 0 Å². The van der Waals surface area contributed by atoms with Gasteiger partial charge in [-0.2, -0.15) is 0 Å². The highest BCUT2D eigenvalue weighted by atomic mass is 16.4. The average molecular weight is 257 g/mol. The number of likely N-dealkylation sites (N-methyl/N-ethyl adjacent to an activating group) is 1. The first-order valence-corrected chi connectivity index (χ1v) is 6.36. The van der Waals surface area contributed by atoms with Gasteiger partial charge in [-0.25, -0.2) is 0 Å². The summed E-state index contributed by atoms with van der Waals surface area (Å²) >= 11 is 0. The SMILES string of the molecule is CN(C)CCN(CC(=O)O)C1CCCNC(=O)C1. The Bertz CT molecular complexity index is 294. The van der Waals surface area contributed by atoms with Gasteiger partial charge in [0.25, 0.3) is 0 Å².